The molecule has 0 unspecified atom stereocenters. The second-order valence-electron chi connectivity index (χ2n) is 6.73. The first-order valence-electron chi connectivity index (χ1n) is 9.32. The molecule has 2 aromatic heterocycles. The van der Waals surface area contributed by atoms with Crippen molar-refractivity contribution in [2.45, 2.75) is 6.54 Å². The van der Waals surface area contributed by atoms with Crippen molar-refractivity contribution < 1.29 is 4.79 Å². The minimum absolute atomic E-state index is 0.162. The van der Waals surface area contributed by atoms with Crippen LogP contribution in [0.15, 0.2) is 79.1 Å². The van der Waals surface area contributed by atoms with Gasteiger partial charge in [-0.05, 0) is 52.4 Å². The van der Waals surface area contributed by atoms with Crippen molar-refractivity contribution in [3.63, 3.8) is 0 Å². The first-order valence-corrected chi connectivity index (χ1v) is 10.1. The van der Waals surface area contributed by atoms with E-state index in [9.17, 15) is 4.79 Å². The lowest BCUT2D eigenvalue weighted by molar-refractivity contribution is 0.102. The predicted molar refractivity (Wildman–Crippen MR) is 116 cm³/mol. The van der Waals surface area contributed by atoms with E-state index >= 15 is 0 Å². The zero-order valence-corrected chi connectivity index (χ0v) is 16.6. The average molecular weight is 412 g/mol. The SMILES string of the molecule is O=C(Nc1cccc(-c2nc3ccccc3s2)c1)c1ccc(Cn2cnnn2)cc1. The maximum atomic E-state index is 12.7. The Morgan fingerprint density at radius 1 is 1.00 bits per heavy atom. The van der Waals surface area contributed by atoms with Crippen molar-refractivity contribution in [2.24, 2.45) is 0 Å². The fourth-order valence-corrected chi connectivity index (χ4v) is 4.09. The number of nitrogens with zero attached hydrogens (tertiary/aromatic N) is 5. The number of carbonyl (C=O) groups is 1. The molecule has 0 atom stereocenters. The first-order chi connectivity index (χ1) is 14.7. The fourth-order valence-electron chi connectivity index (χ4n) is 3.13. The van der Waals surface area contributed by atoms with E-state index in [2.05, 4.69) is 26.9 Å². The summed E-state index contributed by atoms with van der Waals surface area (Å²) in [5.41, 5.74) is 4.28. The summed E-state index contributed by atoms with van der Waals surface area (Å²) in [6, 6.07) is 23.2. The molecule has 8 heteroatoms. The molecule has 0 bridgehead atoms. The molecule has 1 N–H and O–H groups in total. The third kappa shape index (κ3) is 3.81. The first kappa shape index (κ1) is 18.1. The van der Waals surface area contributed by atoms with Gasteiger partial charge in [-0.15, -0.1) is 16.4 Å². The van der Waals surface area contributed by atoms with Crippen LogP contribution in [0.2, 0.25) is 0 Å². The summed E-state index contributed by atoms with van der Waals surface area (Å²) in [6.07, 6.45) is 1.55. The quantitative estimate of drug-likeness (QED) is 0.466. The number of benzene rings is 3. The maximum Gasteiger partial charge on any atom is 0.255 e. The predicted octanol–water partition coefficient (Wildman–Crippen LogP) is 4.25. The van der Waals surface area contributed by atoms with Crippen LogP contribution in [-0.2, 0) is 6.54 Å². The van der Waals surface area contributed by atoms with E-state index in [1.54, 1.807) is 34.5 Å². The topological polar surface area (TPSA) is 85.6 Å². The molecular formula is C22H16N6OS. The maximum absolute atomic E-state index is 12.7. The van der Waals surface area contributed by atoms with E-state index in [1.165, 1.54) is 0 Å². The number of nitrogens with one attached hydrogen (secondary N) is 1. The molecular weight excluding hydrogens is 396 g/mol. The van der Waals surface area contributed by atoms with Crippen molar-refractivity contribution in [1.82, 2.24) is 25.2 Å². The lowest BCUT2D eigenvalue weighted by atomic mass is 10.1. The summed E-state index contributed by atoms with van der Waals surface area (Å²) < 4.78 is 2.77. The van der Waals surface area contributed by atoms with Gasteiger partial charge in [-0.1, -0.05) is 36.4 Å². The summed E-state index contributed by atoms with van der Waals surface area (Å²) in [7, 11) is 0. The number of fused-ring (bicyclic) bond motifs is 1. The van der Waals surface area contributed by atoms with Crippen molar-refractivity contribution in [3.05, 3.63) is 90.3 Å². The van der Waals surface area contributed by atoms with Crippen molar-refractivity contribution in [3.8, 4) is 10.6 Å². The number of para-hydroxylation sites is 1. The third-order valence-corrected chi connectivity index (χ3v) is 5.70. The highest BCUT2D eigenvalue weighted by atomic mass is 32.1. The summed E-state index contributed by atoms with van der Waals surface area (Å²) >= 11 is 1.64. The molecule has 0 aliphatic rings. The molecule has 5 aromatic rings. The molecule has 3 aromatic carbocycles. The Kier molecular flexibility index (Phi) is 4.74. The van der Waals surface area contributed by atoms with Crippen molar-refractivity contribution in [2.75, 3.05) is 5.32 Å². The van der Waals surface area contributed by atoms with E-state index in [0.29, 0.717) is 12.1 Å². The second-order valence-corrected chi connectivity index (χ2v) is 7.76. The smallest absolute Gasteiger partial charge is 0.255 e. The number of aromatic nitrogens is 5. The van der Waals surface area contributed by atoms with Gasteiger partial charge in [-0.25, -0.2) is 9.67 Å². The fraction of sp³-hybridized carbons (Fsp3) is 0.0455. The molecule has 0 aliphatic carbocycles. The van der Waals surface area contributed by atoms with Crippen LogP contribution >= 0.6 is 11.3 Å². The van der Waals surface area contributed by atoms with Crippen LogP contribution < -0.4 is 5.32 Å². The number of rotatable bonds is 5. The van der Waals surface area contributed by atoms with Gasteiger partial charge in [-0.3, -0.25) is 4.79 Å². The van der Waals surface area contributed by atoms with E-state index in [0.717, 1.165) is 32.0 Å². The third-order valence-electron chi connectivity index (χ3n) is 4.61. The molecule has 0 saturated carbocycles. The molecule has 0 aliphatic heterocycles. The molecule has 7 nitrogen and oxygen atoms in total. The monoisotopic (exact) mass is 412 g/mol. The van der Waals surface area contributed by atoms with Crippen molar-refractivity contribution >= 4 is 33.1 Å². The van der Waals surface area contributed by atoms with Gasteiger partial charge in [-0.2, -0.15) is 0 Å². The van der Waals surface area contributed by atoms with Crippen LogP contribution in [-0.4, -0.2) is 31.1 Å². The van der Waals surface area contributed by atoms with Crippen LogP contribution in [0.5, 0.6) is 0 Å². The molecule has 30 heavy (non-hydrogen) atoms. The van der Waals surface area contributed by atoms with Crippen molar-refractivity contribution in [1.29, 1.82) is 0 Å². The largest absolute Gasteiger partial charge is 0.322 e. The molecule has 1 amide bonds. The normalized spacial score (nSPS) is 10.9. The Hall–Kier alpha value is -3.91. The summed E-state index contributed by atoms with van der Waals surface area (Å²) in [5.74, 6) is -0.162. The van der Waals surface area contributed by atoms with Gasteiger partial charge in [0, 0.05) is 16.8 Å². The Labute approximate surface area is 176 Å². The zero-order valence-electron chi connectivity index (χ0n) is 15.8. The lowest BCUT2D eigenvalue weighted by Crippen LogP contribution is -2.12. The number of anilines is 1. The minimum atomic E-state index is -0.162. The molecule has 5 rings (SSSR count). The van der Waals surface area contributed by atoms with Gasteiger partial charge in [0.05, 0.1) is 16.8 Å². The zero-order chi connectivity index (χ0) is 20.3. The van der Waals surface area contributed by atoms with Gasteiger partial charge < -0.3 is 5.32 Å². The Balaban J connectivity index is 1.31. The van der Waals surface area contributed by atoms with Gasteiger partial charge in [0.25, 0.3) is 5.91 Å². The number of tetrazole rings is 1. The minimum Gasteiger partial charge on any atom is -0.322 e. The van der Waals surface area contributed by atoms with Gasteiger partial charge >= 0.3 is 0 Å². The summed E-state index contributed by atoms with van der Waals surface area (Å²) in [6.45, 7) is 0.555. The summed E-state index contributed by atoms with van der Waals surface area (Å²) in [4.78, 5) is 17.4. The number of carbonyl (C=O) groups excluding carboxylic acids is 1. The molecule has 0 saturated heterocycles. The molecule has 2 heterocycles. The highest BCUT2D eigenvalue weighted by molar-refractivity contribution is 7.21. The van der Waals surface area contributed by atoms with Crippen LogP contribution in [0.3, 0.4) is 0 Å². The average Bonchev–Trinajstić information content (AvgIpc) is 3.44. The van der Waals surface area contributed by atoms with E-state index in [4.69, 9.17) is 4.98 Å². The van der Waals surface area contributed by atoms with E-state index in [-0.39, 0.29) is 5.91 Å². The Morgan fingerprint density at radius 2 is 1.87 bits per heavy atom. The Morgan fingerprint density at radius 3 is 2.67 bits per heavy atom. The number of hydrogen-bond acceptors (Lipinski definition) is 6. The second kappa shape index (κ2) is 7.84. The van der Waals surface area contributed by atoms with E-state index < -0.39 is 0 Å². The highest BCUT2D eigenvalue weighted by Crippen LogP contribution is 2.31. The number of hydrogen-bond donors (Lipinski definition) is 1. The lowest BCUT2D eigenvalue weighted by Gasteiger charge is -2.07. The summed E-state index contributed by atoms with van der Waals surface area (Å²) in [5, 5.41) is 15.0. The molecule has 146 valence electrons. The standard InChI is InChI=1S/C22H16N6OS/c29-21(16-10-8-15(9-11-16)13-28-14-23-26-27-28)24-18-5-3-4-17(12-18)22-25-19-6-1-2-7-20(19)30-22/h1-12,14H,13H2,(H,24,29). The van der Waals surface area contributed by atoms with Crippen LogP contribution in [0, 0.1) is 0 Å². The molecule has 0 radical (unpaired) electrons. The molecule has 0 spiro atoms. The van der Waals surface area contributed by atoms with E-state index in [1.807, 2.05) is 54.6 Å². The van der Waals surface area contributed by atoms with Crippen LogP contribution in [0.1, 0.15) is 15.9 Å². The number of thiazole rings is 1. The van der Waals surface area contributed by atoms with Gasteiger partial charge in [0.2, 0.25) is 0 Å². The van der Waals surface area contributed by atoms with Gasteiger partial charge in [0.1, 0.15) is 11.3 Å². The Bertz CT molecular complexity index is 1280. The molecule has 0 fully saturated rings. The number of amides is 1. The van der Waals surface area contributed by atoms with Crippen LogP contribution in [0.25, 0.3) is 20.8 Å². The highest BCUT2D eigenvalue weighted by Gasteiger charge is 2.10. The van der Waals surface area contributed by atoms with Gasteiger partial charge in [0.15, 0.2) is 0 Å². The van der Waals surface area contributed by atoms with Crippen LogP contribution in [0.4, 0.5) is 5.69 Å².